The van der Waals surface area contributed by atoms with Crippen LogP contribution >= 0.6 is 15.9 Å². The number of ether oxygens (including phenoxy) is 2. The SMILES string of the molecule is COc1cccc(C=CC(=O)Nc2ccnn2Cc2ccccc2Br)c1OC(F)F. The van der Waals surface area contributed by atoms with E-state index in [0.717, 1.165) is 10.0 Å². The van der Waals surface area contributed by atoms with Gasteiger partial charge in [0, 0.05) is 22.2 Å². The Labute approximate surface area is 180 Å². The maximum atomic E-state index is 12.7. The lowest BCUT2D eigenvalue weighted by Gasteiger charge is -2.12. The highest BCUT2D eigenvalue weighted by molar-refractivity contribution is 9.10. The van der Waals surface area contributed by atoms with Crippen molar-refractivity contribution in [2.24, 2.45) is 0 Å². The molecule has 0 saturated heterocycles. The number of aromatic nitrogens is 2. The van der Waals surface area contributed by atoms with E-state index in [1.165, 1.54) is 25.3 Å². The number of benzene rings is 2. The summed E-state index contributed by atoms with van der Waals surface area (Å²) in [5, 5.41) is 6.96. The second-order valence-electron chi connectivity index (χ2n) is 6.05. The van der Waals surface area contributed by atoms with Crippen molar-refractivity contribution in [1.29, 1.82) is 0 Å². The van der Waals surface area contributed by atoms with Crippen molar-refractivity contribution in [2.45, 2.75) is 13.2 Å². The van der Waals surface area contributed by atoms with E-state index in [0.29, 0.717) is 12.4 Å². The molecule has 0 aliphatic carbocycles. The highest BCUT2D eigenvalue weighted by Gasteiger charge is 2.14. The molecule has 3 rings (SSSR count). The first kappa shape index (κ1) is 21.5. The predicted molar refractivity (Wildman–Crippen MR) is 113 cm³/mol. The largest absolute Gasteiger partial charge is 0.493 e. The first-order valence-electron chi connectivity index (χ1n) is 8.84. The summed E-state index contributed by atoms with van der Waals surface area (Å²) in [6.07, 6.45) is 4.18. The molecule has 30 heavy (non-hydrogen) atoms. The Bertz CT molecular complexity index is 1050. The number of rotatable bonds is 8. The number of amides is 1. The molecule has 156 valence electrons. The molecule has 0 radical (unpaired) electrons. The molecular formula is C21H18BrF2N3O3. The van der Waals surface area contributed by atoms with Crippen molar-refractivity contribution in [3.05, 3.63) is 76.4 Å². The summed E-state index contributed by atoms with van der Waals surface area (Å²) in [5.74, 6) is 0.0483. The fourth-order valence-corrected chi connectivity index (χ4v) is 3.14. The number of nitrogens with one attached hydrogen (secondary N) is 1. The van der Waals surface area contributed by atoms with Crippen molar-refractivity contribution in [3.63, 3.8) is 0 Å². The highest BCUT2D eigenvalue weighted by Crippen LogP contribution is 2.33. The van der Waals surface area contributed by atoms with Crippen LogP contribution in [0.1, 0.15) is 11.1 Å². The van der Waals surface area contributed by atoms with Crippen LogP contribution in [0.25, 0.3) is 6.08 Å². The van der Waals surface area contributed by atoms with Gasteiger partial charge in [0.15, 0.2) is 11.5 Å². The fourth-order valence-electron chi connectivity index (χ4n) is 2.73. The van der Waals surface area contributed by atoms with Crippen molar-refractivity contribution >= 4 is 33.7 Å². The lowest BCUT2D eigenvalue weighted by molar-refractivity contribution is -0.111. The number of para-hydroxylation sites is 1. The number of carbonyl (C=O) groups is 1. The molecule has 0 spiro atoms. The summed E-state index contributed by atoms with van der Waals surface area (Å²) in [5.41, 5.74) is 1.28. The number of carbonyl (C=O) groups excluding carboxylic acids is 1. The zero-order valence-electron chi connectivity index (χ0n) is 15.9. The van der Waals surface area contributed by atoms with Gasteiger partial charge in [-0.15, -0.1) is 0 Å². The number of hydrogen-bond acceptors (Lipinski definition) is 4. The van der Waals surface area contributed by atoms with Gasteiger partial charge in [0.05, 0.1) is 19.9 Å². The van der Waals surface area contributed by atoms with Gasteiger partial charge in [-0.05, 0) is 23.8 Å². The van der Waals surface area contributed by atoms with E-state index in [9.17, 15) is 13.6 Å². The van der Waals surface area contributed by atoms with Gasteiger partial charge >= 0.3 is 6.61 Å². The van der Waals surface area contributed by atoms with E-state index in [1.54, 1.807) is 29.1 Å². The van der Waals surface area contributed by atoms with Gasteiger partial charge in [0.1, 0.15) is 5.82 Å². The smallest absolute Gasteiger partial charge is 0.387 e. The second-order valence-corrected chi connectivity index (χ2v) is 6.90. The Hall–Kier alpha value is -3.20. The van der Waals surface area contributed by atoms with E-state index < -0.39 is 12.5 Å². The quantitative estimate of drug-likeness (QED) is 0.465. The van der Waals surface area contributed by atoms with Crippen LogP contribution in [0, 0.1) is 0 Å². The molecule has 0 unspecified atom stereocenters. The molecule has 1 N–H and O–H groups in total. The third-order valence-electron chi connectivity index (χ3n) is 4.10. The fraction of sp³-hybridized carbons (Fsp3) is 0.143. The van der Waals surface area contributed by atoms with Crippen LogP contribution in [-0.2, 0) is 11.3 Å². The molecule has 3 aromatic rings. The van der Waals surface area contributed by atoms with Gasteiger partial charge < -0.3 is 14.8 Å². The van der Waals surface area contributed by atoms with Crippen molar-refractivity contribution in [1.82, 2.24) is 9.78 Å². The molecule has 1 amide bonds. The van der Waals surface area contributed by atoms with Crippen LogP contribution in [-0.4, -0.2) is 29.4 Å². The maximum Gasteiger partial charge on any atom is 0.387 e. The molecule has 1 aromatic heterocycles. The third-order valence-corrected chi connectivity index (χ3v) is 4.87. The monoisotopic (exact) mass is 477 g/mol. The minimum absolute atomic E-state index is 0.141. The molecule has 1 heterocycles. The Kier molecular flexibility index (Phi) is 7.18. The summed E-state index contributed by atoms with van der Waals surface area (Å²) >= 11 is 3.49. The van der Waals surface area contributed by atoms with Gasteiger partial charge in [0.2, 0.25) is 5.91 Å². The second kappa shape index (κ2) is 10.0. The average molecular weight is 478 g/mol. The van der Waals surface area contributed by atoms with Gasteiger partial charge in [-0.3, -0.25) is 4.79 Å². The lowest BCUT2D eigenvalue weighted by Crippen LogP contribution is -2.14. The molecule has 0 aliphatic heterocycles. The number of hydrogen-bond donors (Lipinski definition) is 1. The molecule has 6 nitrogen and oxygen atoms in total. The Morgan fingerprint density at radius 2 is 2.03 bits per heavy atom. The normalized spacial score (nSPS) is 11.1. The van der Waals surface area contributed by atoms with E-state index in [2.05, 4.69) is 31.1 Å². The van der Waals surface area contributed by atoms with Crippen LogP contribution in [0.5, 0.6) is 11.5 Å². The predicted octanol–water partition coefficient (Wildman–Crippen LogP) is 4.96. The van der Waals surface area contributed by atoms with Crippen LogP contribution in [0.3, 0.4) is 0 Å². The van der Waals surface area contributed by atoms with Gasteiger partial charge in [-0.2, -0.15) is 13.9 Å². The Balaban J connectivity index is 1.74. The minimum Gasteiger partial charge on any atom is -0.493 e. The topological polar surface area (TPSA) is 65.4 Å². The summed E-state index contributed by atoms with van der Waals surface area (Å²) in [7, 11) is 1.35. The molecule has 0 bridgehead atoms. The highest BCUT2D eigenvalue weighted by atomic mass is 79.9. The Morgan fingerprint density at radius 1 is 1.23 bits per heavy atom. The van der Waals surface area contributed by atoms with Crippen LogP contribution < -0.4 is 14.8 Å². The molecule has 0 saturated carbocycles. The number of methoxy groups -OCH3 is 1. The van der Waals surface area contributed by atoms with Gasteiger partial charge in [-0.1, -0.05) is 46.3 Å². The van der Waals surface area contributed by atoms with Crippen LogP contribution in [0.2, 0.25) is 0 Å². The van der Waals surface area contributed by atoms with E-state index >= 15 is 0 Å². The summed E-state index contributed by atoms with van der Waals surface area (Å²) in [6.45, 7) is -2.57. The van der Waals surface area contributed by atoms with E-state index in [-0.39, 0.29) is 17.1 Å². The summed E-state index contributed by atoms with van der Waals surface area (Å²) < 4.78 is 37.6. The first-order valence-corrected chi connectivity index (χ1v) is 9.63. The zero-order chi connectivity index (χ0) is 21.5. The molecule has 0 fully saturated rings. The summed E-state index contributed by atoms with van der Waals surface area (Å²) in [6, 6.07) is 14.0. The number of alkyl halides is 2. The standard InChI is InChI=1S/C21H18BrF2N3O3/c1-29-17-8-4-6-14(20(17)30-21(23)24)9-10-19(28)26-18-11-12-25-27(18)13-15-5-2-3-7-16(15)22/h2-12,21H,13H2,1H3,(H,26,28). The summed E-state index contributed by atoms with van der Waals surface area (Å²) in [4.78, 5) is 12.4. The zero-order valence-corrected chi connectivity index (χ0v) is 17.5. The van der Waals surface area contributed by atoms with Crippen molar-refractivity contribution in [3.8, 4) is 11.5 Å². The molecule has 9 heteroatoms. The van der Waals surface area contributed by atoms with Crippen LogP contribution in [0.4, 0.5) is 14.6 Å². The van der Waals surface area contributed by atoms with Crippen LogP contribution in [0.15, 0.2) is 65.3 Å². The third kappa shape index (κ3) is 5.44. The molecular weight excluding hydrogens is 460 g/mol. The van der Waals surface area contributed by atoms with E-state index in [4.69, 9.17) is 4.74 Å². The number of nitrogens with zero attached hydrogens (tertiary/aromatic N) is 2. The number of anilines is 1. The van der Waals surface area contributed by atoms with E-state index in [1.807, 2.05) is 24.3 Å². The van der Waals surface area contributed by atoms with Crippen molar-refractivity contribution < 1.29 is 23.0 Å². The average Bonchev–Trinajstić information content (AvgIpc) is 3.15. The maximum absolute atomic E-state index is 12.7. The van der Waals surface area contributed by atoms with Crippen molar-refractivity contribution in [2.75, 3.05) is 12.4 Å². The lowest BCUT2D eigenvalue weighted by atomic mass is 10.1. The number of halogens is 3. The van der Waals surface area contributed by atoms with Gasteiger partial charge in [-0.25, -0.2) is 4.68 Å². The molecule has 0 atom stereocenters. The van der Waals surface area contributed by atoms with Gasteiger partial charge in [0.25, 0.3) is 0 Å². The molecule has 0 aliphatic rings. The minimum atomic E-state index is -3.02. The molecule has 2 aromatic carbocycles. The first-order chi connectivity index (χ1) is 14.5. The Morgan fingerprint density at radius 3 is 2.77 bits per heavy atom.